The zero-order valence-electron chi connectivity index (χ0n) is 11.2. The molecule has 0 radical (unpaired) electrons. The molecule has 1 aromatic carbocycles. The van der Waals surface area contributed by atoms with Crippen molar-refractivity contribution in [1.82, 2.24) is 4.90 Å². The molecule has 1 aliphatic rings. The molecule has 1 amide bonds. The number of hydrogen-bond donors (Lipinski definition) is 0. The summed E-state index contributed by atoms with van der Waals surface area (Å²) in [6, 6.07) is 7.59. The summed E-state index contributed by atoms with van der Waals surface area (Å²) in [4.78, 5) is 13.9. The van der Waals surface area contributed by atoms with Gasteiger partial charge < -0.3 is 9.64 Å². The molecule has 2 rings (SSSR count). The van der Waals surface area contributed by atoms with E-state index in [0.29, 0.717) is 0 Å². The topological polar surface area (TPSA) is 53.3 Å². The molecule has 20 heavy (non-hydrogen) atoms. The van der Waals surface area contributed by atoms with Crippen molar-refractivity contribution in [2.45, 2.75) is 12.8 Å². The Hall–Kier alpha value is -1.55. The van der Waals surface area contributed by atoms with Crippen LogP contribution in [-0.2, 0) is 4.79 Å². The molecule has 1 aromatic rings. The van der Waals surface area contributed by atoms with Gasteiger partial charge in [0.25, 0.3) is 5.91 Å². The Morgan fingerprint density at radius 2 is 2.15 bits per heavy atom. The lowest BCUT2D eigenvalue weighted by Crippen LogP contribution is -2.28. The van der Waals surface area contributed by atoms with Gasteiger partial charge in [-0.1, -0.05) is 6.07 Å². The molecular weight excluding hydrogens is 367 g/mol. The van der Waals surface area contributed by atoms with E-state index in [1.165, 1.54) is 0 Å². The van der Waals surface area contributed by atoms with Crippen molar-refractivity contribution >= 4 is 34.6 Å². The van der Waals surface area contributed by atoms with Crippen LogP contribution >= 0.6 is 22.6 Å². The van der Waals surface area contributed by atoms with Gasteiger partial charge in [-0.3, -0.25) is 4.79 Å². The third-order valence-electron chi connectivity index (χ3n) is 3.23. The molecule has 0 aromatic heterocycles. The number of hydrogen-bond acceptors (Lipinski definition) is 3. The normalized spacial score (nSPS) is 15.1. The van der Waals surface area contributed by atoms with Gasteiger partial charge in [-0.15, -0.1) is 0 Å². The zero-order chi connectivity index (χ0) is 14.5. The van der Waals surface area contributed by atoms with Crippen LogP contribution in [0.15, 0.2) is 23.8 Å². The lowest BCUT2D eigenvalue weighted by atomic mass is 10.1. The number of benzene rings is 1. The van der Waals surface area contributed by atoms with E-state index < -0.39 is 0 Å². The number of likely N-dealkylation sites (tertiary alicyclic amines) is 1. The molecule has 0 bridgehead atoms. The van der Waals surface area contributed by atoms with E-state index in [1.54, 1.807) is 18.1 Å². The SMILES string of the molecule is COc1ccc(/C=C(\C#N)C(=O)N2CCCC2)cc1I. The highest BCUT2D eigenvalue weighted by atomic mass is 127. The average molecular weight is 382 g/mol. The standard InChI is InChI=1S/C15H15IN2O2/c1-20-14-5-4-11(9-13(14)16)8-12(10-17)15(19)18-6-2-3-7-18/h4-5,8-9H,2-3,6-7H2,1H3/b12-8+. The number of methoxy groups -OCH3 is 1. The second kappa shape index (κ2) is 6.75. The lowest BCUT2D eigenvalue weighted by molar-refractivity contribution is -0.125. The van der Waals surface area contributed by atoms with Crippen molar-refractivity contribution in [3.05, 3.63) is 32.9 Å². The highest BCUT2D eigenvalue weighted by Crippen LogP contribution is 2.23. The molecule has 5 heteroatoms. The molecule has 0 N–H and O–H groups in total. The van der Waals surface area contributed by atoms with Crippen molar-refractivity contribution in [1.29, 1.82) is 5.26 Å². The van der Waals surface area contributed by atoms with Crippen LogP contribution in [0.4, 0.5) is 0 Å². The molecule has 0 unspecified atom stereocenters. The second-order valence-electron chi connectivity index (χ2n) is 4.56. The number of amides is 1. The van der Waals surface area contributed by atoms with Crippen molar-refractivity contribution in [3.8, 4) is 11.8 Å². The first-order chi connectivity index (χ1) is 9.65. The van der Waals surface area contributed by atoms with E-state index in [4.69, 9.17) is 4.74 Å². The Bertz CT molecular complexity index is 584. The summed E-state index contributed by atoms with van der Waals surface area (Å²) in [5, 5.41) is 9.20. The van der Waals surface area contributed by atoms with E-state index in [1.807, 2.05) is 24.3 Å². The third-order valence-corrected chi connectivity index (χ3v) is 4.07. The molecular formula is C15H15IN2O2. The van der Waals surface area contributed by atoms with Crippen molar-refractivity contribution in [3.63, 3.8) is 0 Å². The first-order valence-electron chi connectivity index (χ1n) is 6.40. The number of halogens is 1. The Morgan fingerprint density at radius 1 is 1.45 bits per heavy atom. The maximum absolute atomic E-state index is 12.2. The van der Waals surface area contributed by atoms with Crippen LogP contribution in [0, 0.1) is 14.9 Å². The zero-order valence-corrected chi connectivity index (χ0v) is 13.4. The Kier molecular flexibility index (Phi) is 5.01. The largest absolute Gasteiger partial charge is 0.496 e. The molecule has 0 saturated carbocycles. The molecule has 4 nitrogen and oxygen atoms in total. The minimum absolute atomic E-state index is 0.171. The minimum atomic E-state index is -0.171. The van der Waals surface area contributed by atoms with E-state index in [9.17, 15) is 10.1 Å². The van der Waals surface area contributed by atoms with E-state index in [0.717, 1.165) is 40.8 Å². The highest BCUT2D eigenvalue weighted by molar-refractivity contribution is 14.1. The summed E-state index contributed by atoms with van der Waals surface area (Å²) < 4.78 is 6.14. The quantitative estimate of drug-likeness (QED) is 0.459. The molecule has 1 aliphatic heterocycles. The summed E-state index contributed by atoms with van der Waals surface area (Å²) in [5.74, 6) is 0.614. The monoisotopic (exact) mass is 382 g/mol. The number of carbonyl (C=O) groups is 1. The first kappa shape index (κ1) is 14.9. The van der Waals surface area contributed by atoms with Crippen molar-refractivity contribution in [2.75, 3.05) is 20.2 Å². The van der Waals surface area contributed by atoms with E-state index in [2.05, 4.69) is 22.6 Å². The van der Waals surface area contributed by atoms with Gasteiger partial charge in [0, 0.05) is 13.1 Å². The number of nitriles is 1. The average Bonchev–Trinajstić information content (AvgIpc) is 2.98. The van der Waals surface area contributed by atoms with Gasteiger partial charge >= 0.3 is 0 Å². The fraction of sp³-hybridized carbons (Fsp3) is 0.333. The van der Waals surface area contributed by atoms with Gasteiger partial charge in [-0.25, -0.2) is 0 Å². The Morgan fingerprint density at radius 3 is 2.70 bits per heavy atom. The van der Waals surface area contributed by atoms with Gasteiger partial charge in [0.2, 0.25) is 0 Å². The van der Waals surface area contributed by atoms with E-state index in [-0.39, 0.29) is 11.5 Å². The first-order valence-corrected chi connectivity index (χ1v) is 7.48. The molecule has 0 atom stereocenters. The van der Waals surface area contributed by atoms with Crippen LogP contribution in [0.2, 0.25) is 0 Å². The fourth-order valence-corrected chi connectivity index (χ4v) is 2.93. The number of ether oxygens (including phenoxy) is 1. The fourth-order valence-electron chi connectivity index (χ4n) is 2.17. The summed E-state index contributed by atoms with van der Waals surface area (Å²) in [6.45, 7) is 1.50. The Balaban J connectivity index is 2.24. The van der Waals surface area contributed by atoms with Crippen LogP contribution < -0.4 is 4.74 Å². The third kappa shape index (κ3) is 3.31. The molecule has 1 saturated heterocycles. The van der Waals surface area contributed by atoms with Crippen LogP contribution in [0.1, 0.15) is 18.4 Å². The molecule has 104 valence electrons. The van der Waals surface area contributed by atoms with Gasteiger partial charge in [0.1, 0.15) is 17.4 Å². The molecule has 0 spiro atoms. The molecule has 1 fully saturated rings. The van der Waals surface area contributed by atoms with E-state index >= 15 is 0 Å². The molecule has 1 heterocycles. The van der Waals surface area contributed by atoms with Crippen LogP contribution in [0.25, 0.3) is 6.08 Å². The second-order valence-corrected chi connectivity index (χ2v) is 5.73. The maximum atomic E-state index is 12.2. The summed E-state index contributed by atoms with van der Waals surface area (Å²) >= 11 is 2.17. The number of rotatable bonds is 3. The van der Waals surface area contributed by atoms with Crippen LogP contribution in [-0.4, -0.2) is 31.0 Å². The molecule has 0 aliphatic carbocycles. The van der Waals surface area contributed by atoms with Gasteiger partial charge in [-0.2, -0.15) is 5.26 Å². The van der Waals surface area contributed by atoms with Gasteiger partial charge in [0.05, 0.1) is 10.7 Å². The lowest BCUT2D eigenvalue weighted by Gasteiger charge is -2.14. The minimum Gasteiger partial charge on any atom is -0.496 e. The van der Waals surface area contributed by atoms with Gasteiger partial charge in [-0.05, 0) is 59.2 Å². The summed E-state index contributed by atoms with van der Waals surface area (Å²) in [6.07, 6.45) is 3.68. The van der Waals surface area contributed by atoms with Gasteiger partial charge in [0.15, 0.2) is 0 Å². The smallest absolute Gasteiger partial charge is 0.264 e. The summed E-state index contributed by atoms with van der Waals surface area (Å²) in [7, 11) is 1.62. The summed E-state index contributed by atoms with van der Waals surface area (Å²) in [5.41, 5.74) is 1.02. The van der Waals surface area contributed by atoms with Crippen LogP contribution in [0.3, 0.4) is 0 Å². The highest BCUT2D eigenvalue weighted by Gasteiger charge is 2.21. The predicted octanol–water partition coefficient (Wildman–Crippen LogP) is 2.83. The number of carbonyl (C=O) groups excluding carboxylic acids is 1. The maximum Gasteiger partial charge on any atom is 0.264 e. The van der Waals surface area contributed by atoms with Crippen molar-refractivity contribution in [2.24, 2.45) is 0 Å². The van der Waals surface area contributed by atoms with Crippen LogP contribution in [0.5, 0.6) is 5.75 Å². The number of nitrogens with zero attached hydrogens (tertiary/aromatic N) is 2. The Labute approximate surface area is 132 Å². The van der Waals surface area contributed by atoms with Crippen molar-refractivity contribution < 1.29 is 9.53 Å². The predicted molar refractivity (Wildman–Crippen MR) is 85.1 cm³/mol.